The molecule has 0 rings (SSSR count). The number of hydrogen-bond acceptors (Lipinski definition) is 0. The zero-order chi connectivity index (χ0) is 18.4. The van der Waals surface area contributed by atoms with Gasteiger partial charge < -0.3 is 0 Å². The quantitative estimate of drug-likeness (QED) is 0.152. The zero-order valence-electron chi connectivity index (χ0n) is 17.6. The summed E-state index contributed by atoms with van der Waals surface area (Å²) in [5.74, 6) is 0.940. The van der Waals surface area contributed by atoms with E-state index >= 15 is 0 Å². The van der Waals surface area contributed by atoms with Crippen molar-refractivity contribution in [1.82, 2.24) is 0 Å². The highest BCUT2D eigenvalue weighted by Gasteiger charge is 2.02. The van der Waals surface area contributed by atoms with Crippen LogP contribution in [0.15, 0.2) is 12.2 Å². The second kappa shape index (κ2) is 21.8. The maximum atomic E-state index is 3.91. The van der Waals surface area contributed by atoms with Gasteiger partial charge in [-0.05, 0) is 31.6 Å². The summed E-state index contributed by atoms with van der Waals surface area (Å²) in [5, 5.41) is 0. The lowest BCUT2D eigenvalue weighted by Crippen LogP contribution is -1.95. The van der Waals surface area contributed by atoms with Gasteiger partial charge in [-0.1, -0.05) is 129 Å². The van der Waals surface area contributed by atoms with Crippen LogP contribution in [0.5, 0.6) is 0 Å². The summed E-state index contributed by atoms with van der Waals surface area (Å²) >= 11 is 0. The molecule has 0 spiro atoms. The lowest BCUT2D eigenvalue weighted by Gasteiger charge is -2.10. The Morgan fingerprint density at radius 3 is 1.40 bits per heavy atom. The molecule has 148 valence electrons. The second-order valence-corrected chi connectivity index (χ2v) is 8.03. The highest BCUT2D eigenvalue weighted by Crippen LogP contribution is 2.18. The van der Waals surface area contributed by atoms with E-state index in [9.17, 15) is 0 Å². The molecule has 1 atom stereocenters. The Labute approximate surface area is 161 Å². The smallest absolute Gasteiger partial charge is 0.0351 e. The van der Waals surface area contributed by atoms with Gasteiger partial charge in [0.25, 0.3) is 0 Å². The van der Waals surface area contributed by atoms with Crippen LogP contribution in [0, 0.1) is 19.8 Å². The molecular formula is C25H48. The van der Waals surface area contributed by atoms with Gasteiger partial charge in [0.15, 0.2) is 0 Å². The van der Waals surface area contributed by atoms with E-state index in [1.807, 2.05) is 0 Å². The van der Waals surface area contributed by atoms with Crippen LogP contribution in [0.2, 0.25) is 0 Å². The molecule has 0 aromatic heterocycles. The standard InChI is InChI=1S/C25H48/c1-4-6-8-10-12-14-16-18-20-22-24-25(3)23-21-19-17-15-13-11-9-7-5-2/h12,14,25H,1-2,4-11,13,15-24H2,3H3/b14-12+. The highest BCUT2D eigenvalue weighted by molar-refractivity contribution is 4.81. The Kier molecular flexibility index (Phi) is 21.6. The zero-order valence-corrected chi connectivity index (χ0v) is 17.6. The summed E-state index contributed by atoms with van der Waals surface area (Å²) in [7, 11) is 0. The maximum absolute atomic E-state index is 3.91. The van der Waals surface area contributed by atoms with E-state index in [4.69, 9.17) is 0 Å². The molecule has 0 nitrogen and oxygen atoms in total. The number of unbranched alkanes of at least 4 members (excludes halogenated alkanes) is 14. The Morgan fingerprint density at radius 2 is 0.880 bits per heavy atom. The van der Waals surface area contributed by atoms with E-state index in [0.29, 0.717) is 0 Å². The van der Waals surface area contributed by atoms with Crippen molar-refractivity contribution in [2.24, 2.45) is 5.92 Å². The summed E-state index contributed by atoms with van der Waals surface area (Å²) in [6.45, 7) is 10.3. The monoisotopic (exact) mass is 348 g/mol. The first-order valence-corrected chi connectivity index (χ1v) is 11.5. The van der Waals surface area contributed by atoms with Crippen molar-refractivity contribution >= 4 is 0 Å². The fourth-order valence-corrected chi connectivity index (χ4v) is 3.48. The van der Waals surface area contributed by atoms with Crippen molar-refractivity contribution in [2.45, 2.75) is 129 Å². The van der Waals surface area contributed by atoms with Crippen molar-refractivity contribution < 1.29 is 0 Å². The molecule has 0 heterocycles. The van der Waals surface area contributed by atoms with Crippen LogP contribution in [0.1, 0.15) is 129 Å². The Morgan fingerprint density at radius 1 is 0.520 bits per heavy atom. The van der Waals surface area contributed by atoms with Crippen molar-refractivity contribution in [1.29, 1.82) is 0 Å². The molecule has 0 N–H and O–H groups in total. The van der Waals surface area contributed by atoms with Crippen LogP contribution in [0.25, 0.3) is 0 Å². The number of hydrogen-bond donors (Lipinski definition) is 0. The summed E-state index contributed by atoms with van der Waals surface area (Å²) in [6, 6.07) is 0. The van der Waals surface area contributed by atoms with E-state index in [-0.39, 0.29) is 0 Å². The molecule has 0 aliphatic heterocycles. The van der Waals surface area contributed by atoms with Gasteiger partial charge in [0, 0.05) is 0 Å². The molecule has 0 bridgehead atoms. The molecule has 0 fully saturated rings. The minimum atomic E-state index is 0.940. The van der Waals surface area contributed by atoms with Crippen LogP contribution in [0.4, 0.5) is 0 Å². The van der Waals surface area contributed by atoms with Crippen LogP contribution in [0.3, 0.4) is 0 Å². The first-order valence-electron chi connectivity index (χ1n) is 11.5. The lowest BCUT2D eigenvalue weighted by molar-refractivity contribution is 0.434. The van der Waals surface area contributed by atoms with Crippen molar-refractivity contribution in [2.75, 3.05) is 0 Å². The fraction of sp³-hybridized carbons (Fsp3) is 0.840. The largest absolute Gasteiger partial charge is 0.0885 e. The third kappa shape index (κ3) is 21.7. The van der Waals surface area contributed by atoms with E-state index in [1.165, 1.54) is 109 Å². The molecular weight excluding hydrogens is 300 g/mol. The van der Waals surface area contributed by atoms with Crippen LogP contribution in [-0.2, 0) is 0 Å². The van der Waals surface area contributed by atoms with Gasteiger partial charge >= 0.3 is 0 Å². The molecule has 25 heavy (non-hydrogen) atoms. The molecule has 0 aromatic carbocycles. The van der Waals surface area contributed by atoms with E-state index in [2.05, 4.69) is 32.9 Å². The Balaban J connectivity index is 3.19. The van der Waals surface area contributed by atoms with Gasteiger partial charge in [-0.15, -0.1) is 0 Å². The first kappa shape index (κ1) is 24.7. The summed E-state index contributed by atoms with van der Waals surface area (Å²) < 4.78 is 0. The summed E-state index contributed by atoms with van der Waals surface area (Å²) in [6.07, 6.45) is 30.6. The van der Waals surface area contributed by atoms with Crippen molar-refractivity contribution in [3.05, 3.63) is 26.0 Å². The number of rotatable bonds is 20. The van der Waals surface area contributed by atoms with Crippen LogP contribution in [-0.4, -0.2) is 0 Å². The minimum absolute atomic E-state index is 0.940. The topological polar surface area (TPSA) is 0 Å². The molecule has 0 heteroatoms. The lowest BCUT2D eigenvalue weighted by atomic mass is 9.96. The first-order chi connectivity index (χ1) is 12.3. The van der Waals surface area contributed by atoms with Gasteiger partial charge in [-0.3, -0.25) is 0 Å². The van der Waals surface area contributed by atoms with Gasteiger partial charge in [-0.25, -0.2) is 0 Å². The van der Waals surface area contributed by atoms with Gasteiger partial charge in [0.05, 0.1) is 0 Å². The SMILES string of the molecule is [CH2]CCCC/C=C/CCCCCC(C)CCCCCCCCCC[CH2]. The average molecular weight is 349 g/mol. The molecule has 0 saturated carbocycles. The number of allylic oxidation sites excluding steroid dienone is 2. The van der Waals surface area contributed by atoms with Gasteiger partial charge in [-0.2, -0.15) is 0 Å². The van der Waals surface area contributed by atoms with Gasteiger partial charge in [0.1, 0.15) is 0 Å². The summed E-state index contributed by atoms with van der Waals surface area (Å²) in [4.78, 5) is 0. The molecule has 0 aliphatic carbocycles. The molecule has 0 saturated heterocycles. The molecule has 0 aliphatic rings. The fourth-order valence-electron chi connectivity index (χ4n) is 3.48. The van der Waals surface area contributed by atoms with Crippen molar-refractivity contribution in [3.63, 3.8) is 0 Å². The molecule has 2 radical (unpaired) electrons. The second-order valence-electron chi connectivity index (χ2n) is 8.03. The van der Waals surface area contributed by atoms with Crippen LogP contribution < -0.4 is 0 Å². The minimum Gasteiger partial charge on any atom is -0.0885 e. The normalized spacial score (nSPS) is 12.9. The average Bonchev–Trinajstić information content (AvgIpc) is 2.62. The molecule has 0 amide bonds. The van der Waals surface area contributed by atoms with E-state index in [1.54, 1.807) is 0 Å². The molecule has 1 unspecified atom stereocenters. The predicted octanol–water partition coefficient (Wildman–Crippen LogP) is 9.26. The van der Waals surface area contributed by atoms with Crippen LogP contribution >= 0.6 is 0 Å². The Hall–Kier alpha value is -0.260. The Bertz CT molecular complexity index is 253. The predicted molar refractivity (Wildman–Crippen MR) is 117 cm³/mol. The van der Waals surface area contributed by atoms with E-state index in [0.717, 1.165) is 18.8 Å². The van der Waals surface area contributed by atoms with Crippen molar-refractivity contribution in [3.8, 4) is 0 Å². The third-order valence-electron chi connectivity index (χ3n) is 5.30. The summed E-state index contributed by atoms with van der Waals surface area (Å²) in [5.41, 5.74) is 0. The van der Waals surface area contributed by atoms with Gasteiger partial charge in [0.2, 0.25) is 0 Å². The highest BCUT2D eigenvalue weighted by atomic mass is 14.1. The maximum Gasteiger partial charge on any atom is -0.0351 e. The third-order valence-corrected chi connectivity index (χ3v) is 5.30. The molecule has 0 aromatic rings. The van der Waals surface area contributed by atoms with E-state index < -0.39 is 0 Å².